The van der Waals surface area contributed by atoms with E-state index in [2.05, 4.69) is 18.7 Å². The molecule has 1 fully saturated rings. The third kappa shape index (κ3) is 3.88. The van der Waals surface area contributed by atoms with Gasteiger partial charge in [-0.3, -0.25) is 9.69 Å². The maximum Gasteiger partial charge on any atom is 0.307 e. The molecule has 0 aromatic rings. The van der Waals surface area contributed by atoms with Gasteiger partial charge in [0.05, 0.1) is 13.0 Å². The summed E-state index contributed by atoms with van der Waals surface area (Å²) in [6.45, 7) is 8.75. The van der Waals surface area contributed by atoms with E-state index in [0.717, 1.165) is 37.4 Å². The average molecular weight is 259 g/mol. The van der Waals surface area contributed by atoms with Crippen LogP contribution in [-0.2, 0) is 9.53 Å². The van der Waals surface area contributed by atoms with Gasteiger partial charge in [0.1, 0.15) is 0 Å². The highest BCUT2D eigenvalue weighted by Crippen LogP contribution is 2.35. The number of thioether (sulfide) groups is 1. The average Bonchev–Trinajstić information content (AvgIpc) is 2.31. The smallest absolute Gasteiger partial charge is 0.307 e. The lowest BCUT2D eigenvalue weighted by molar-refractivity contribution is -0.146. The van der Waals surface area contributed by atoms with Gasteiger partial charge in [-0.2, -0.15) is 11.8 Å². The molecule has 0 spiro atoms. The minimum absolute atomic E-state index is 0.0358. The molecule has 0 amide bonds. The molecule has 100 valence electrons. The lowest BCUT2D eigenvalue weighted by Crippen LogP contribution is -2.52. The molecule has 0 aromatic carbocycles. The van der Waals surface area contributed by atoms with Gasteiger partial charge in [0.2, 0.25) is 0 Å². The Morgan fingerprint density at radius 1 is 1.24 bits per heavy atom. The molecule has 1 rings (SSSR count). The molecule has 1 aliphatic rings. The molecule has 0 unspecified atom stereocenters. The van der Waals surface area contributed by atoms with Gasteiger partial charge in [-0.25, -0.2) is 0 Å². The number of rotatable bonds is 6. The molecule has 0 radical (unpaired) electrons. The number of nitrogens with zero attached hydrogens (tertiary/aromatic N) is 1. The Balaban J connectivity index is 2.73. The van der Waals surface area contributed by atoms with Crippen molar-refractivity contribution in [1.82, 2.24) is 4.90 Å². The topological polar surface area (TPSA) is 29.5 Å². The minimum Gasteiger partial charge on any atom is -0.466 e. The quantitative estimate of drug-likeness (QED) is 0.686. The second kappa shape index (κ2) is 7.27. The summed E-state index contributed by atoms with van der Waals surface area (Å²) in [7, 11) is 0. The third-order valence-corrected chi connectivity index (χ3v) is 4.62. The van der Waals surface area contributed by atoms with E-state index >= 15 is 0 Å². The summed E-state index contributed by atoms with van der Waals surface area (Å²) >= 11 is 2.00. The fourth-order valence-electron chi connectivity index (χ4n) is 2.73. The normalized spacial score (nSPS) is 19.3. The Labute approximate surface area is 109 Å². The van der Waals surface area contributed by atoms with Crippen LogP contribution in [0.5, 0.6) is 0 Å². The van der Waals surface area contributed by atoms with Gasteiger partial charge in [0, 0.05) is 5.54 Å². The Morgan fingerprint density at radius 3 is 2.29 bits per heavy atom. The summed E-state index contributed by atoms with van der Waals surface area (Å²) in [5.41, 5.74) is 0.0566. The van der Waals surface area contributed by atoms with Crippen molar-refractivity contribution in [3.05, 3.63) is 0 Å². The molecule has 1 heterocycles. The standard InChI is InChI=1S/C13H25NO2S/c1-4-14(5-2)13(7-9-17-10-8-13)11-12(15)16-6-3/h4-11H2,1-3H3. The van der Waals surface area contributed by atoms with Gasteiger partial charge >= 0.3 is 5.97 Å². The van der Waals surface area contributed by atoms with Crippen molar-refractivity contribution < 1.29 is 9.53 Å². The van der Waals surface area contributed by atoms with E-state index in [1.807, 2.05) is 18.7 Å². The van der Waals surface area contributed by atoms with Crippen molar-refractivity contribution in [1.29, 1.82) is 0 Å². The van der Waals surface area contributed by atoms with Gasteiger partial charge in [-0.15, -0.1) is 0 Å². The first-order valence-corrected chi connectivity index (χ1v) is 7.82. The summed E-state index contributed by atoms with van der Waals surface area (Å²) in [4.78, 5) is 14.2. The number of carbonyl (C=O) groups excluding carboxylic acids is 1. The van der Waals surface area contributed by atoms with E-state index in [0.29, 0.717) is 13.0 Å². The first kappa shape index (κ1) is 14.8. The fourth-order valence-corrected chi connectivity index (χ4v) is 3.98. The van der Waals surface area contributed by atoms with Crippen LogP contribution >= 0.6 is 11.8 Å². The number of carbonyl (C=O) groups is 1. The van der Waals surface area contributed by atoms with Gasteiger partial charge in [-0.05, 0) is 44.4 Å². The second-order valence-electron chi connectivity index (χ2n) is 4.49. The van der Waals surface area contributed by atoms with Gasteiger partial charge in [-0.1, -0.05) is 13.8 Å². The highest BCUT2D eigenvalue weighted by atomic mass is 32.2. The van der Waals surface area contributed by atoms with E-state index in [1.165, 1.54) is 0 Å². The van der Waals surface area contributed by atoms with E-state index in [4.69, 9.17) is 4.74 Å². The Morgan fingerprint density at radius 2 is 1.82 bits per heavy atom. The Hall–Kier alpha value is -0.220. The SMILES string of the molecule is CCOC(=O)CC1(N(CC)CC)CCSCC1. The van der Waals surface area contributed by atoms with Crippen molar-refractivity contribution in [3.63, 3.8) is 0 Å². The Bertz CT molecular complexity index is 236. The van der Waals surface area contributed by atoms with Gasteiger partial charge in [0.25, 0.3) is 0 Å². The molecule has 3 nitrogen and oxygen atoms in total. The maximum absolute atomic E-state index is 11.8. The molecule has 0 aromatic heterocycles. The fraction of sp³-hybridized carbons (Fsp3) is 0.923. The zero-order chi connectivity index (χ0) is 12.7. The number of esters is 1. The number of hydrogen-bond acceptors (Lipinski definition) is 4. The van der Waals surface area contributed by atoms with Crippen LogP contribution in [0.25, 0.3) is 0 Å². The van der Waals surface area contributed by atoms with E-state index in [9.17, 15) is 4.79 Å². The summed E-state index contributed by atoms with van der Waals surface area (Å²) in [5, 5.41) is 0. The third-order valence-electron chi connectivity index (χ3n) is 3.64. The van der Waals surface area contributed by atoms with Crippen LogP contribution in [0.3, 0.4) is 0 Å². The van der Waals surface area contributed by atoms with Crippen LogP contribution in [-0.4, -0.2) is 47.6 Å². The number of ether oxygens (including phenoxy) is 1. The number of hydrogen-bond donors (Lipinski definition) is 0. The molecule has 17 heavy (non-hydrogen) atoms. The van der Waals surface area contributed by atoms with Crippen LogP contribution in [0.1, 0.15) is 40.0 Å². The second-order valence-corrected chi connectivity index (χ2v) is 5.72. The lowest BCUT2D eigenvalue weighted by Gasteiger charge is -2.45. The molecule has 1 saturated heterocycles. The predicted octanol–water partition coefficient (Wildman–Crippen LogP) is 2.55. The highest BCUT2D eigenvalue weighted by molar-refractivity contribution is 7.99. The molecule has 0 saturated carbocycles. The zero-order valence-electron chi connectivity index (χ0n) is 11.3. The van der Waals surface area contributed by atoms with Crippen LogP contribution in [0.15, 0.2) is 0 Å². The summed E-state index contributed by atoms with van der Waals surface area (Å²) < 4.78 is 5.14. The molecule has 0 atom stereocenters. The zero-order valence-corrected chi connectivity index (χ0v) is 12.1. The summed E-state index contributed by atoms with van der Waals surface area (Å²) in [6, 6.07) is 0. The molecule has 4 heteroatoms. The minimum atomic E-state index is -0.0358. The molecular formula is C13H25NO2S. The largest absolute Gasteiger partial charge is 0.466 e. The summed E-state index contributed by atoms with van der Waals surface area (Å²) in [5.74, 6) is 2.29. The molecule has 0 bridgehead atoms. The van der Waals surface area contributed by atoms with Gasteiger partial charge in [0.15, 0.2) is 0 Å². The summed E-state index contributed by atoms with van der Waals surface area (Å²) in [6.07, 6.45) is 2.78. The van der Waals surface area contributed by atoms with Crippen molar-refractivity contribution in [3.8, 4) is 0 Å². The van der Waals surface area contributed by atoms with Crippen molar-refractivity contribution >= 4 is 17.7 Å². The lowest BCUT2D eigenvalue weighted by atomic mass is 9.86. The predicted molar refractivity (Wildman–Crippen MR) is 73.5 cm³/mol. The first-order chi connectivity index (χ1) is 8.18. The van der Waals surface area contributed by atoms with Crippen LogP contribution < -0.4 is 0 Å². The first-order valence-electron chi connectivity index (χ1n) is 6.67. The van der Waals surface area contributed by atoms with Crippen LogP contribution in [0.2, 0.25) is 0 Å². The molecule has 1 aliphatic heterocycles. The van der Waals surface area contributed by atoms with Crippen molar-refractivity contribution in [2.24, 2.45) is 0 Å². The van der Waals surface area contributed by atoms with E-state index in [-0.39, 0.29) is 11.5 Å². The molecule has 0 aliphatic carbocycles. The Kier molecular flexibility index (Phi) is 6.34. The van der Waals surface area contributed by atoms with Gasteiger partial charge < -0.3 is 4.74 Å². The van der Waals surface area contributed by atoms with Crippen LogP contribution in [0, 0.1) is 0 Å². The van der Waals surface area contributed by atoms with E-state index < -0.39 is 0 Å². The monoisotopic (exact) mass is 259 g/mol. The molecule has 0 N–H and O–H groups in total. The van der Waals surface area contributed by atoms with Crippen LogP contribution in [0.4, 0.5) is 0 Å². The maximum atomic E-state index is 11.8. The molecular weight excluding hydrogens is 234 g/mol. The highest BCUT2D eigenvalue weighted by Gasteiger charge is 2.39. The van der Waals surface area contributed by atoms with E-state index in [1.54, 1.807) is 0 Å². The van der Waals surface area contributed by atoms with Crippen molar-refractivity contribution in [2.45, 2.75) is 45.6 Å². The van der Waals surface area contributed by atoms with Crippen molar-refractivity contribution in [2.75, 3.05) is 31.2 Å².